The first kappa shape index (κ1) is 7.78. The lowest BCUT2D eigenvalue weighted by molar-refractivity contribution is -0.140. The highest BCUT2D eigenvalue weighted by molar-refractivity contribution is 5.82. The minimum Gasteiger partial charge on any atom is -0.480 e. The highest BCUT2D eigenvalue weighted by Crippen LogP contribution is 2.14. The smallest absolute Gasteiger partial charge is 0.327 e. The van der Waals surface area contributed by atoms with Crippen molar-refractivity contribution < 1.29 is 9.90 Å². The van der Waals surface area contributed by atoms with Gasteiger partial charge in [-0.15, -0.1) is 0 Å². The van der Waals surface area contributed by atoms with Gasteiger partial charge in [-0.1, -0.05) is 0 Å². The van der Waals surface area contributed by atoms with Crippen molar-refractivity contribution in [3.63, 3.8) is 0 Å². The predicted octanol–water partition coefficient (Wildman–Crippen LogP) is -0.438. The van der Waals surface area contributed by atoms with E-state index in [4.69, 9.17) is 5.11 Å². The highest BCUT2D eigenvalue weighted by Gasteiger charge is 2.29. The van der Waals surface area contributed by atoms with Crippen LogP contribution in [0.5, 0.6) is 0 Å². The Morgan fingerprint density at radius 2 is 2.62 bits per heavy atom. The molecule has 1 unspecified atom stereocenters. The number of carboxylic acid groups (broad SMARTS) is 1. The van der Waals surface area contributed by atoms with Crippen molar-refractivity contribution in [1.29, 1.82) is 0 Å². The average molecular weight is 180 g/mol. The van der Waals surface area contributed by atoms with Gasteiger partial charge in [-0.05, 0) is 0 Å². The Balaban J connectivity index is 2.29. The molecule has 0 saturated heterocycles. The molecule has 2 aliphatic heterocycles. The SMILES string of the molecule is O=C(O)C1CC=NC=C2NN=CN21. The zero-order valence-corrected chi connectivity index (χ0v) is 6.71. The number of hydrazone groups is 1. The summed E-state index contributed by atoms with van der Waals surface area (Å²) in [5.74, 6) is -0.282. The average Bonchev–Trinajstić information content (AvgIpc) is 2.44. The summed E-state index contributed by atoms with van der Waals surface area (Å²) in [6.07, 6.45) is 4.97. The molecular formula is C7H8N4O2. The fourth-order valence-electron chi connectivity index (χ4n) is 1.24. The van der Waals surface area contributed by atoms with Crippen LogP contribution in [0.15, 0.2) is 22.1 Å². The summed E-state index contributed by atoms with van der Waals surface area (Å²) in [5, 5.41) is 12.6. The van der Waals surface area contributed by atoms with Crippen LogP contribution in [0, 0.1) is 0 Å². The first-order valence-corrected chi connectivity index (χ1v) is 3.81. The number of nitrogens with zero attached hydrogens (tertiary/aromatic N) is 3. The number of rotatable bonds is 1. The number of hydrogen-bond acceptors (Lipinski definition) is 5. The van der Waals surface area contributed by atoms with Crippen LogP contribution in [0.1, 0.15) is 6.42 Å². The number of aliphatic carboxylic acids is 1. The van der Waals surface area contributed by atoms with E-state index < -0.39 is 12.0 Å². The maximum atomic E-state index is 10.8. The maximum Gasteiger partial charge on any atom is 0.327 e. The Bertz CT molecular complexity index is 320. The normalized spacial score (nSPS) is 24.8. The molecular weight excluding hydrogens is 172 g/mol. The number of hydrogen-bond donors (Lipinski definition) is 2. The first-order chi connectivity index (χ1) is 6.29. The van der Waals surface area contributed by atoms with Gasteiger partial charge in [0.1, 0.15) is 18.2 Å². The summed E-state index contributed by atoms with van der Waals surface area (Å²) in [7, 11) is 0. The third-order valence-corrected chi connectivity index (χ3v) is 1.89. The monoisotopic (exact) mass is 180 g/mol. The van der Waals surface area contributed by atoms with Crippen molar-refractivity contribution >= 4 is 18.5 Å². The Hall–Kier alpha value is -1.85. The third-order valence-electron chi connectivity index (χ3n) is 1.89. The van der Waals surface area contributed by atoms with E-state index in [-0.39, 0.29) is 0 Å². The van der Waals surface area contributed by atoms with E-state index in [9.17, 15) is 4.79 Å². The molecule has 0 bridgehead atoms. The van der Waals surface area contributed by atoms with E-state index in [0.29, 0.717) is 12.2 Å². The Morgan fingerprint density at radius 1 is 1.77 bits per heavy atom. The lowest BCUT2D eigenvalue weighted by Crippen LogP contribution is -2.38. The van der Waals surface area contributed by atoms with Crippen LogP contribution in [-0.4, -0.2) is 34.6 Å². The number of nitrogens with one attached hydrogen (secondary N) is 1. The third kappa shape index (κ3) is 1.26. The van der Waals surface area contributed by atoms with Gasteiger partial charge in [0.25, 0.3) is 0 Å². The summed E-state index contributed by atoms with van der Waals surface area (Å²) in [6.45, 7) is 0. The highest BCUT2D eigenvalue weighted by atomic mass is 16.4. The molecule has 68 valence electrons. The van der Waals surface area contributed by atoms with Crippen LogP contribution >= 0.6 is 0 Å². The Morgan fingerprint density at radius 3 is 3.38 bits per heavy atom. The lowest BCUT2D eigenvalue weighted by atomic mass is 10.2. The summed E-state index contributed by atoms with van der Waals surface area (Å²) < 4.78 is 0. The van der Waals surface area contributed by atoms with Crippen molar-refractivity contribution in [1.82, 2.24) is 10.3 Å². The minimum absolute atomic E-state index is 0.378. The van der Waals surface area contributed by atoms with Gasteiger partial charge in [0.15, 0.2) is 0 Å². The van der Waals surface area contributed by atoms with Gasteiger partial charge in [0, 0.05) is 12.6 Å². The minimum atomic E-state index is -0.880. The lowest BCUT2D eigenvalue weighted by Gasteiger charge is -2.20. The maximum absolute atomic E-state index is 10.8. The van der Waals surface area contributed by atoms with E-state index in [1.54, 1.807) is 17.3 Å². The van der Waals surface area contributed by atoms with Gasteiger partial charge in [-0.3, -0.25) is 15.3 Å². The molecule has 2 rings (SSSR count). The van der Waals surface area contributed by atoms with Gasteiger partial charge in [-0.2, -0.15) is 5.10 Å². The summed E-state index contributed by atoms with van der Waals surface area (Å²) in [6, 6.07) is -0.615. The van der Waals surface area contributed by atoms with Gasteiger partial charge in [-0.25, -0.2) is 4.79 Å². The van der Waals surface area contributed by atoms with Crippen molar-refractivity contribution in [2.75, 3.05) is 0 Å². The van der Waals surface area contributed by atoms with Gasteiger partial charge in [0.2, 0.25) is 0 Å². The second kappa shape index (κ2) is 2.89. The first-order valence-electron chi connectivity index (χ1n) is 3.81. The number of aliphatic imine (C=N–C) groups is 1. The van der Waals surface area contributed by atoms with Crippen molar-refractivity contribution in [2.24, 2.45) is 10.1 Å². The van der Waals surface area contributed by atoms with Gasteiger partial charge in [0.05, 0.1) is 6.20 Å². The zero-order chi connectivity index (χ0) is 9.26. The van der Waals surface area contributed by atoms with Crippen molar-refractivity contribution in [3.05, 3.63) is 12.0 Å². The van der Waals surface area contributed by atoms with E-state index in [1.807, 2.05) is 0 Å². The Kier molecular flexibility index (Phi) is 1.73. The van der Waals surface area contributed by atoms with Gasteiger partial charge >= 0.3 is 5.97 Å². The number of fused-ring (bicyclic) bond motifs is 1. The van der Waals surface area contributed by atoms with E-state index in [1.165, 1.54) is 6.34 Å². The van der Waals surface area contributed by atoms with Crippen LogP contribution in [0.4, 0.5) is 0 Å². The number of carbonyl (C=O) groups is 1. The standard InChI is InChI=1S/C7H8N4O2/c12-7(13)5-1-2-8-3-6-10-9-4-11(5)6/h2-5,10H,1H2,(H,12,13). The van der Waals surface area contributed by atoms with Gasteiger partial charge < -0.3 is 5.11 Å². The molecule has 1 atom stereocenters. The molecule has 0 aromatic rings. The molecule has 0 spiro atoms. The zero-order valence-electron chi connectivity index (χ0n) is 6.71. The second-order valence-electron chi connectivity index (χ2n) is 2.70. The topological polar surface area (TPSA) is 77.3 Å². The molecule has 2 N–H and O–H groups in total. The van der Waals surface area contributed by atoms with Crippen LogP contribution in [0.2, 0.25) is 0 Å². The molecule has 0 aromatic carbocycles. The molecule has 2 aliphatic rings. The molecule has 6 nitrogen and oxygen atoms in total. The molecule has 0 radical (unpaired) electrons. The molecule has 2 heterocycles. The van der Waals surface area contributed by atoms with Crippen molar-refractivity contribution in [2.45, 2.75) is 12.5 Å². The molecule has 0 aromatic heterocycles. The largest absolute Gasteiger partial charge is 0.480 e. The van der Waals surface area contributed by atoms with Crippen LogP contribution in [0.25, 0.3) is 0 Å². The van der Waals surface area contributed by atoms with E-state index in [0.717, 1.165) is 0 Å². The fraction of sp³-hybridized carbons (Fsp3) is 0.286. The molecule has 0 amide bonds. The molecule has 6 heteroatoms. The number of carboxylic acids is 1. The van der Waals surface area contributed by atoms with E-state index >= 15 is 0 Å². The predicted molar refractivity (Wildman–Crippen MR) is 46.1 cm³/mol. The molecule has 0 saturated carbocycles. The Labute approximate surface area is 74.3 Å². The van der Waals surface area contributed by atoms with Crippen LogP contribution in [-0.2, 0) is 4.79 Å². The molecule has 13 heavy (non-hydrogen) atoms. The quantitative estimate of drug-likeness (QED) is 0.573. The molecule has 0 aliphatic carbocycles. The van der Waals surface area contributed by atoms with Crippen molar-refractivity contribution in [3.8, 4) is 0 Å². The van der Waals surface area contributed by atoms with Crippen LogP contribution in [0.3, 0.4) is 0 Å². The van der Waals surface area contributed by atoms with E-state index in [2.05, 4.69) is 15.5 Å². The second-order valence-corrected chi connectivity index (χ2v) is 2.70. The summed E-state index contributed by atoms with van der Waals surface area (Å²) in [4.78, 5) is 16.3. The van der Waals surface area contributed by atoms with Crippen LogP contribution < -0.4 is 5.43 Å². The summed E-state index contributed by atoms with van der Waals surface area (Å²) in [5.41, 5.74) is 2.66. The molecule has 0 fully saturated rings. The summed E-state index contributed by atoms with van der Waals surface area (Å²) >= 11 is 0. The fourth-order valence-corrected chi connectivity index (χ4v) is 1.24.